The lowest BCUT2D eigenvalue weighted by atomic mass is 9.98. The van der Waals surface area contributed by atoms with Crippen molar-refractivity contribution in [3.05, 3.63) is 35.4 Å². The van der Waals surface area contributed by atoms with Gasteiger partial charge in [0.2, 0.25) is 0 Å². The van der Waals surface area contributed by atoms with Crippen LogP contribution < -0.4 is 5.73 Å². The third kappa shape index (κ3) is 4.33. The lowest BCUT2D eigenvalue weighted by Gasteiger charge is -2.15. The highest BCUT2D eigenvalue weighted by atomic mass is 16.5. The van der Waals surface area contributed by atoms with Gasteiger partial charge in [0, 0.05) is 13.2 Å². The van der Waals surface area contributed by atoms with Crippen LogP contribution in [0.4, 0.5) is 0 Å². The first-order valence-corrected chi connectivity index (χ1v) is 5.96. The summed E-state index contributed by atoms with van der Waals surface area (Å²) in [6.07, 6.45) is 3.32. The van der Waals surface area contributed by atoms with Crippen LogP contribution in [0.2, 0.25) is 0 Å². The molecule has 2 heteroatoms. The molecule has 2 unspecified atom stereocenters. The van der Waals surface area contributed by atoms with E-state index in [0.29, 0.717) is 6.10 Å². The van der Waals surface area contributed by atoms with Crippen molar-refractivity contribution in [1.82, 2.24) is 0 Å². The molecule has 2 atom stereocenters. The molecule has 2 nitrogen and oxygen atoms in total. The summed E-state index contributed by atoms with van der Waals surface area (Å²) in [5, 5.41) is 0. The number of rotatable bonds is 6. The van der Waals surface area contributed by atoms with E-state index in [1.54, 1.807) is 7.11 Å². The average Bonchev–Trinajstić information content (AvgIpc) is 2.29. The van der Waals surface area contributed by atoms with Gasteiger partial charge in [0.1, 0.15) is 0 Å². The molecule has 0 aliphatic carbocycles. The fourth-order valence-corrected chi connectivity index (χ4v) is 1.79. The van der Waals surface area contributed by atoms with Gasteiger partial charge in [-0.3, -0.25) is 0 Å². The maximum atomic E-state index is 6.12. The van der Waals surface area contributed by atoms with E-state index in [0.717, 1.165) is 19.3 Å². The van der Waals surface area contributed by atoms with E-state index in [1.165, 1.54) is 11.1 Å². The molecule has 0 aliphatic rings. The minimum Gasteiger partial charge on any atom is -0.382 e. The molecule has 0 spiro atoms. The smallest absolute Gasteiger partial charge is 0.0543 e. The Balaban J connectivity index is 2.40. The van der Waals surface area contributed by atoms with Crippen LogP contribution in [0.15, 0.2) is 24.3 Å². The number of ether oxygens (including phenoxy) is 1. The first kappa shape index (κ1) is 13.2. The number of hydrogen-bond donors (Lipinski definition) is 1. The molecule has 0 saturated heterocycles. The predicted molar refractivity (Wildman–Crippen MR) is 68.6 cm³/mol. The van der Waals surface area contributed by atoms with Gasteiger partial charge in [0.05, 0.1) is 6.10 Å². The Morgan fingerprint density at radius 2 is 1.94 bits per heavy atom. The highest BCUT2D eigenvalue weighted by Crippen LogP contribution is 2.12. The fraction of sp³-hybridized carbons (Fsp3) is 0.571. The zero-order valence-corrected chi connectivity index (χ0v) is 10.6. The predicted octanol–water partition coefficient (Wildman–Crippen LogP) is 2.68. The Morgan fingerprint density at radius 3 is 2.56 bits per heavy atom. The standard InChI is InChI=1S/C14H23NO/c1-11-6-4-5-7-13(11)10-14(15)9-8-12(2)16-3/h4-7,12,14H,8-10,15H2,1-3H3. The molecule has 0 heterocycles. The molecule has 1 aromatic carbocycles. The van der Waals surface area contributed by atoms with Crippen LogP contribution in [0.3, 0.4) is 0 Å². The molecule has 0 aromatic heterocycles. The number of hydrogen-bond acceptors (Lipinski definition) is 2. The summed E-state index contributed by atoms with van der Waals surface area (Å²) in [5.41, 5.74) is 8.81. The summed E-state index contributed by atoms with van der Waals surface area (Å²) < 4.78 is 5.22. The van der Waals surface area contributed by atoms with Gasteiger partial charge in [-0.1, -0.05) is 24.3 Å². The van der Waals surface area contributed by atoms with Crippen molar-refractivity contribution in [3.8, 4) is 0 Å². The van der Waals surface area contributed by atoms with Gasteiger partial charge >= 0.3 is 0 Å². The van der Waals surface area contributed by atoms with Crippen LogP contribution in [-0.2, 0) is 11.2 Å². The van der Waals surface area contributed by atoms with Crippen molar-refractivity contribution < 1.29 is 4.74 Å². The van der Waals surface area contributed by atoms with Gasteiger partial charge in [0.25, 0.3) is 0 Å². The van der Waals surface area contributed by atoms with Crippen LogP contribution in [-0.4, -0.2) is 19.3 Å². The maximum Gasteiger partial charge on any atom is 0.0543 e. The number of methoxy groups -OCH3 is 1. The average molecular weight is 221 g/mol. The van der Waals surface area contributed by atoms with Crippen molar-refractivity contribution in [2.24, 2.45) is 5.73 Å². The molecule has 0 saturated carbocycles. The Hall–Kier alpha value is -0.860. The van der Waals surface area contributed by atoms with Crippen molar-refractivity contribution in [2.45, 2.75) is 45.3 Å². The van der Waals surface area contributed by atoms with Crippen molar-refractivity contribution in [3.63, 3.8) is 0 Å². The van der Waals surface area contributed by atoms with Crippen LogP contribution in [0.1, 0.15) is 30.9 Å². The summed E-state index contributed by atoms with van der Waals surface area (Å²) in [4.78, 5) is 0. The van der Waals surface area contributed by atoms with E-state index in [-0.39, 0.29) is 6.04 Å². The number of aryl methyl sites for hydroxylation is 1. The molecule has 1 aromatic rings. The van der Waals surface area contributed by atoms with Gasteiger partial charge in [-0.25, -0.2) is 0 Å². The summed E-state index contributed by atoms with van der Waals surface area (Å²) in [6.45, 7) is 4.22. The SMILES string of the molecule is COC(C)CCC(N)Cc1ccccc1C. The molecule has 2 N–H and O–H groups in total. The van der Waals surface area contributed by atoms with Gasteiger partial charge in [-0.15, -0.1) is 0 Å². The molecule has 0 fully saturated rings. The maximum absolute atomic E-state index is 6.12. The second-order valence-electron chi connectivity index (χ2n) is 4.51. The number of nitrogens with two attached hydrogens (primary N) is 1. The molecular weight excluding hydrogens is 198 g/mol. The minimum absolute atomic E-state index is 0.235. The highest BCUT2D eigenvalue weighted by Gasteiger charge is 2.08. The zero-order valence-electron chi connectivity index (χ0n) is 10.6. The largest absolute Gasteiger partial charge is 0.382 e. The third-order valence-electron chi connectivity index (χ3n) is 3.09. The van der Waals surface area contributed by atoms with Gasteiger partial charge in [0.15, 0.2) is 0 Å². The monoisotopic (exact) mass is 221 g/mol. The van der Waals surface area contributed by atoms with Crippen LogP contribution in [0.5, 0.6) is 0 Å². The Kier molecular flexibility index (Phi) is 5.50. The second kappa shape index (κ2) is 6.66. The van der Waals surface area contributed by atoms with E-state index in [1.807, 2.05) is 0 Å². The molecule has 0 amide bonds. The Labute approximate surface area is 98.8 Å². The normalized spacial score (nSPS) is 14.8. The molecule has 0 radical (unpaired) electrons. The third-order valence-corrected chi connectivity index (χ3v) is 3.09. The summed E-state index contributed by atoms with van der Waals surface area (Å²) in [7, 11) is 1.75. The van der Waals surface area contributed by atoms with E-state index < -0.39 is 0 Å². The molecule has 0 bridgehead atoms. The molecular formula is C14H23NO. The Morgan fingerprint density at radius 1 is 1.25 bits per heavy atom. The first-order valence-electron chi connectivity index (χ1n) is 5.96. The summed E-state index contributed by atoms with van der Waals surface area (Å²) in [5.74, 6) is 0. The van der Waals surface area contributed by atoms with Gasteiger partial charge in [-0.05, 0) is 44.2 Å². The second-order valence-corrected chi connectivity index (χ2v) is 4.51. The van der Waals surface area contributed by atoms with Crippen LogP contribution in [0, 0.1) is 6.92 Å². The topological polar surface area (TPSA) is 35.2 Å². The van der Waals surface area contributed by atoms with Gasteiger partial charge < -0.3 is 10.5 Å². The van der Waals surface area contributed by atoms with Crippen molar-refractivity contribution in [2.75, 3.05) is 7.11 Å². The van der Waals surface area contributed by atoms with Crippen molar-refractivity contribution >= 4 is 0 Å². The summed E-state index contributed by atoms with van der Waals surface area (Å²) in [6, 6.07) is 8.68. The van der Waals surface area contributed by atoms with Crippen molar-refractivity contribution in [1.29, 1.82) is 0 Å². The Bertz CT molecular complexity index is 311. The van der Waals surface area contributed by atoms with Gasteiger partial charge in [-0.2, -0.15) is 0 Å². The highest BCUT2D eigenvalue weighted by molar-refractivity contribution is 5.26. The van der Waals surface area contributed by atoms with E-state index in [2.05, 4.69) is 38.1 Å². The van der Waals surface area contributed by atoms with Crippen LogP contribution in [0.25, 0.3) is 0 Å². The zero-order chi connectivity index (χ0) is 12.0. The minimum atomic E-state index is 0.235. The lowest BCUT2D eigenvalue weighted by Crippen LogP contribution is -2.24. The quantitative estimate of drug-likeness (QED) is 0.801. The first-order chi connectivity index (χ1) is 7.63. The lowest BCUT2D eigenvalue weighted by molar-refractivity contribution is 0.107. The summed E-state index contributed by atoms with van der Waals surface area (Å²) >= 11 is 0. The molecule has 0 aliphatic heterocycles. The molecule has 16 heavy (non-hydrogen) atoms. The molecule has 1 rings (SSSR count). The van der Waals surface area contributed by atoms with Crippen LogP contribution >= 0.6 is 0 Å². The van der Waals surface area contributed by atoms with E-state index in [9.17, 15) is 0 Å². The molecule has 90 valence electrons. The number of benzene rings is 1. The fourth-order valence-electron chi connectivity index (χ4n) is 1.79. The van der Waals surface area contributed by atoms with E-state index in [4.69, 9.17) is 10.5 Å². The van der Waals surface area contributed by atoms with E-state index >= 15 is 0 Å².